The van der Waals surface area contributed by atoms with E-state index in [-0.39, 0.29) is 11.9 Å². The predicted molar refractivity (Wildman–Crippen MR) is 102 cm³/mol. The molecule has 1 aliphatic rings. The van der Waals surface area contributed by atoms with Crippen LogP contribution in [0.3, 0.4) is 0 Å². The second kappa shape index (κ2) is 7.88. The topological polar surface area (TPSA) is 79.5 Å². The van der Waals surface area contributed by atoms with E-state index in [1.165, 1.54) is 14.2 Å². The van der Waals surface area contributed by atoms with E-state index in [0.717, 1.165) is 10.0 Å². The van der Waals surface area contributed by atoms with Gasteiger partial charge in [-0.05, 0) is 18.2 Å². The van der Waals surface area contributed by atoms with Crippen molar-refractivity contribution in [3.8, 4) is 17.8 Å². The number of hydrogen-bond acceptors (Lipinski definition) is 6. The molecule has 0 saturated heterocycles. The number of hydrogen-bond donors (Lipinski definition) is 1. The fourth-order valence-corrected chi connectivity index (χ4v) is 3.16. The van der Waals surface area contributed by atoms with Gasteiger partial charge in [-0.15, -0.1) is 0 Å². The van der Waals surface area contributed by atoms with Crippen LogP contribution in [0.25, 0.3) is 0 Å². The van der Waals surface area contributed by atoms with Crippen molar-refractivity contribution >= 4 is 15.9 Å². The van der Waals surface area contributed by atoms with Crippen molar-refractivity contribution in [2.75, 3.05) is 20.8 Å². The first-order chi connectivity index (χ1) is 12.6. The fourth-order valence-electron chi connectivity index (χ4n) is 2.90. The summed E-state index contributed by atoms with van der Waals surface area (Å²) in [6.07, 6.45) is 7.90. The van der Waals surface area contributed by atoms with Gasteiger partial charge in [-0.2, -0.15) is 9.97 Å². The number of methoxy groups -OCH3 is 2. The highest BCUT2D eigenvalue weighted by Gasteiger charge is 2.41. The van der Waals surface area contributed by atoms with Gasteiger partial charge in [0, 0.05) is 22.5 Å². The van der Waals surface area contributed by atoms with Crippen molar-refractivity contribution in [2.24, 2.45) is 11.7 Å². The van der Waals surface area contributed by atoms with Crippen LogP contribution in [-0.2, 0) is 5.60 Å². The summed E-state index contributed by atoms with van der Waals surface area (Å²) in [4.78, 5) is 8.61. The maximum atomic E-state index is 6.34. The lowest BCUT2D eigenvalue weighted by Gasteiger charge is -2.38. The summed E-state index contributed by atoms with van der Waals surface area (Å²) in [5, 5.41) is 0. The second-order valence-corrected chi connectivity index (χ2v) is 6.64. The van der Waals surface area contributed by atoms with Crippen LogP contribution in [0.4, 0.5) is 0 Å². The number of halogens is 1. The Labute approximate surface area is 160 Å². The lowest BCUT2D eigenvalue weighted by molar-refractivity contribution is 0.0617. The van der Waals surface area contributed by atoms with E-state index < -0.39 is 5.60 Å². The predicted octanol–water partition coefficient (Wildman–Crippen LogP) is 3.23. The molecule has 1 aromatic heterocycles. The minimum Gasteiger partial charge on any atom is -0.481 e. The summed E-state index contributed by atoms with van der Waals surface area (Å²) < 4.78 is 17.8. The highest BCUT2D eigenvalue weighted by atomic mass is 79.9. The average molecular weight is 418 g/mol. The monoisotopic (exact) mass is 417 g/mol. The molecule has 0 aliphatic heterocycles. The molecule has 6 nitrogen and oxygen atoms in total. The third-order valence-electron chi connectivity index (χ3n) is 4.24. The average Bonchev–Trinajstić information content (AvgIpc) is 2.68. The zero-order chi connectivity index (χ0) is 18.6. The number of nitrogens with zero attached hydrogens (tertiary/aromatic N) is 2. The largest absolute Gasteiger partial charge is 0.481 e. The molecular weight excluding hydrogens is 398 g/mol. The molecule has 136 valence electrons. The van der Waals surface area contributed by atoms with E-state index in [4.69, 9.17) is 19.9 Å². The first kappa shape index (κ1) is 18.4. The Balaban J connectivity index is 2.09. The summed E-state index contributed by atoms with van der Waals surface area (Å²) in [6.45, 7) is 0.401. The van der Waals surface area contributed by atoms with Gasteiger partial charge in [0.25, 0.3) is 0 Å². The molecule has 3 rings (SSSR count). The van der Waals surface area contributed by atoms with Gasteiger partial charge < -0.3 is 19.9 Å². The summed E-state index contributed by atoms with van der Waals surface area (Å²) in [5.41, 5.74) is 6.16. The lowest BCUT2D eigenvalue weighted by Crippen LogP contribution is -2.43. The Morgan fingerprint density at radius 1 is 1.08 bits per heavy atom. The molecule has 1 heterocycles. The van der Waals surface area contributed by atoms with Gasteiger partial charge in [0.1, 0.15) is 0 Å². The van der Waals surface area contributed by atoms with E-state index >= 15 is 0 Å². The number of benzene rings is 1. The molecule has 2 aromatic rings. The Kier molecular flexibility index (Phi) is 5.58. The van der Waals surface area contributed by atoms with E-state index in [1.54, 1.807) is 6.07 Å². The van der Waals surface area contributed by atoms with Crippen molar-refractivity contribution < 1.29 is 14.2 Å². The number of rotatable bonds is 6. The van der Waals surface area contributed by atoms with Gasteiger partial charge in [0.2, 0.25) is 11.8 Å². The van der Waals surface area contributed by atoms with Gasteiger partial charge >= 0.3 is 6.01 Å². The normalized spacial score (nSPS) is 21.5. The molecule has 0 radical (unpaired) electrons. The quantitative estimate of drug-likeness (QED) is 0.776. The molecule has 2 N–H and O–H groups in total. The van der Waals surface area contributed by atoms with Gasteiger partial charge in [-0.1, -0.05) is 46.3 Å². The number of ether oxygens (including phenoxy) is 3. The molecule has 0 fully saturated rings. The van der Waals surface area contributed by atoms with Crippen molar-refractivity contribution in [3.63, 3.8) is 0 Å². The number of aromatic nitrogens is 2. The van der Waals surface area contributed by atoms with Gasteiger partial charge in [0.15, 0.2) is 5.60 Å². The van der Waals surface area contributed by atoms with Gasteiger partial charge in [0.05, 0.1) is 20.3 Å². The Morgan fingerprint density at radius 3 is 2.31 bits per heavy atom. The van der Waals surface area contributed by atoms with Crippen LogP contribution in [0.5, 0.6) is 17.8 Å². The smallest absolute Gasteiger partial charge is 0.324 e. The summed E-state index contributed by atoms with van der Waals surface area (Å²) in [6, 6.07) is 9.67. The zero-order valence-electron chi connectivity index (χ0n) is 14.6. The Hall–Kier alpha value is -2.38. The molecule has 7 heteroatoms. The third kappa shape index (κ3) is 3.59. The van der Waals surface area contributed by atoms with E-state index in [9.17, 15) is 0 Å². The Morgan fingerprint density at radius 2 is 1.73 bits per heavy atom. The van der Waals surface area contributed by atoms with Gasteiger partial charge in [-0.25, -0.2) is 0 Å². The van der Waals surface area contributed by atoms with Crippen LogP contribution in [0.15, 0.2) is 59.1 Å². The molecule has 26 heavy (non-hydrogen) atoms. The molecule has 1 aliphatic carbocycles. The van der Waals surface area contributed by atoms with Crippen LogP contribution in [-0.4, -0.2) is 30.7 Å². The summed E-state index contributed by atoms with van der Waals surface area (Å²) in [7, 11) is 3.06. The minimum absolute atomic E-state index is 0.0885. The van der Waals surface area contributed by atoms with E-state index in [0.29, 0.717) is 18.3 Å². The maximum Gasteiger partial charge on any atom is 0.324 e. The lowest BCUT2D eigenvalue weighted by atomic mass is 9.78. The third-order valence-corrected chi connectivity index (χ3v) is 4.76. The van der Waals surface area contributed by atoms with Crippen LogP contribution in [0.1, 0.15) is 5.56 Å². The van der Waals surface area contributed by atoms with Crippen LogP contribution < -0.4 is 19.9 Å². The summed E-state index contributed by atoms with van der Waals surface area (Å²) in [5.74, 6) is 0.629. The zero-order valence-corrected chi connectivity index (χ0v) is 16.1. The molecular formula is C19H20BrN3O3. The maximum absolute atomic E-state index is 6.34. The molecule has 0 bridgehead atoms. The molecule has 0 spiro atoms. The number of nitrogens with two attached hydrogens (primary N) is 1. The highest BCUT2D eigenvalue weighted by molar-refractivity contribution is 9.10. The van der Waals surface area contributed by atoms with E-state index in [1.807, 2.05) is 48.6 Å². The van der Waals surface area contributed by atoms with Crippen molar-refractivity contribution in [2.45, 2.75) is 5.60 Å². The highest BCUT2D eigenvalue weighted by Crippen LogP contribution is 2.39. The van der Waals surface area contributed by atoms with Crippen molar-refractivity contribution in [3.05, 3.63) is 64.7 Å². The number of allylic oxidation sites excluding steroid dienone is 2. The van der Waals surface area contributed by atoms with Crippen LogP contribution in [0.2, 0.25) is 0 Å². The van der Waals surface area contributed by atoms with Crippen molar-refractivity contribution in [1.82, 2.24) is 9.97 Å². The minimum atomic E-state index is -0.832. The van der Waals surface area contributed by atoms with Crippen molar-refractivity contribution in [1.29, 1.82) is 0 Å². The van der Waals surface area contributed by atoms with E-state index in [2.05, 4.69) is 25.9 Å². The van der Waals surface area contributed by atoms with Crippen LogP contribution in [0, 0.1) is 5.92 Å². The Bertz CT molecular complexity index is 801. The molecule has 1 aromatic carbocycles. The molecule has 2 atom stereocenters. The molecule has 0 amide bonds. The van der Waals surface area contributed by atoms with Crippen LogP contribution >= 0.6 is 15.9 Å². The first-order valence-electron chi connectivity index (χ1n) is 8.09. The second-order valence-electron chi connectivity index (χ2n) is 5.72. The fraction of sp³-hybridized carbons (Fsp3) is 0.263. The molecule has 0 saturated carbocycles. The summed E-state index contributed by atoms with van der Waals surface area (Å²) >= 11 is 3.47. The molecule has 2 unspecified atom stereocenters. The SMILES string of the molecule is COc1cc(OC)nc(OC2(c3ccc(Br)cc3)C=CC=CC2CN)n1. The standard InChI is InChI=1S/C19H20BrN3O3/c1-24-16-11-17(25-2)23-18(22-16)26-19(10-4-3-5-14(19)12-21)13-6-8-15(20)9-7-13/h3-11,14H,12,21H2,1-2H3. The van der Waals surface area contributed by atoms with Gasteiger partial charge in [-0.3, -0.25) is 0 Å². The first-order valence-corrected chi connectivity index (χ1v) is 8.89.